The van der Waals surface area contributed by atoms with Crippen molar-refractivity contribution in [3.05, 3.63) is 188 Å². The summed E-state index contributed by atoms with van der Waals surface area (Å²) >= 11 is 1.86. The van der Waals surface area contributed by atoms with Crippen LogP contribution >= 0.6 is 11.3 Å². The Labute approximate surface area is 300 Å². The first-order chi connectivity index (χ1) is 25.3. The minimum atomic E-state index is 0.870. The van der Waals surface area contributed by atoms with Crippen LogP contribution in [-0.2, 0) is 0 Å². The van der Waals surface area contributed by atoms with Crippen LogP contribution in [0.25, 0.3) is 75.5 Å². The fourth-order valence-electron chi connectivity index (χ4n) is 7.47. The molecule has 240 valence electrons. The van der Waals surface area contributed by atoms with Crippen LogP contribution in [0.5, 0.6) is 0 Å². The molecule has 10 rings (SSSR count). The molecule has 51 heavy (non-hydrogen) atoms. The van der Waals surface area contributed by atoms with E-state index in [1.165, 1.54) is 42.4 Å². The van der Waals surface area contributed by atoms with Gasteiger partial charge in [-0.15, -0.1) is 11.3 Å². The van der Waals surface area contributed by atoms with E-state index in [-0.39, 0.29) is 0 Å². The van der Waals surface area contributed by atoms with Gasteiger partial charge in [-0.3, -0.25) is 0 Å². The van der Waals surface area contributed by atoms with Gasteiger partial charge in [0.1, 0.15) is 11.2 Å². The predicted molar refractivity (Wildman–Crippen MR) is 218 cm³/mol. The molecule has 2 nitrogen and oxygen atoms in total. The number of hydrogen-bond acceptors (Lipinski definition) is 3. The maximum atomic E-state index is 6.42. The van der Waals surface area contributed by atoms with Crippen LogP contribution in [0.2, 0.25) is 0 Å². The zero-order valence-corrected chi connectivity index (χ0v) is 28.5. The van der Waals surface area contributed by atoms with E-state index < -0.39 is 0 Å². The molecule has 0 bridgehead atoms. The SMILES string of the molecule is c1ccc(-c2ccc(-c3ccccc3N(c3cccc(-c4ccc5c(c4)sc4ccccc45)c3)c3cccc4oc5ccccc5c34)cc2)cc1. The molecule has 0 saturated heterocycles. The summed E-state index contributed by atoms with van der Waals surface area (Å²) in [5.41, 5.74) is 12.1. The Balaban J connectivity index is 1.17. The van der Waals surface area contributed by atoms with Gasteiger partial charge < -0.3 is 9.32 Å². The summed E-state index contributed by atoms with van der Waals surface area (Å²) in [5.74, 6) is 0. The second-order valence-electron chi connectivity index (χ2n) is 12.9. The van der Waals surface area contributed by atoms with Crippen molar-refractivity contribution < 1.29 is 4.42 Å². The zero-order valence-electron chi connectivity index (χ0n) is 27.7. The van der Waals surface area contributed by atoms with Gasteiger partial charge in [0, 0.05) is 36.8 Å². The van der Waals surface area contributed by atoms with E-state index in [2.05, 4.69) is 187 Å². The van der Waals surface area contributed by atoms with Gasteiger partial charge in [-0.25, -0.2) is 0 Å². The van der Waals surface area contributed by atoms with Crippen LogP contribution in [-0.4, -0.2) is 0 Å². The zero-order chi connectivity index (χ0) is 33.7. The highest BCUT2D eigenvalue weighted by Gasteiger charge is 2.22. The molecule has 10 aromatic rings. The Morgan fingerprint density at radius 3 is 1.88 bits per heavy atom. The molecule has 0 radical (unpaired) electrons. The quantitative estimate of drug-likeness (QED) is 0.175. The maximum absolute atomic E-state index is 6.42. The number of fused-ring (bicyclic) bond motifs is 6. The van der Waals surface area contributed by atoms with E-state index in [0.29, 0.717) is 0 Å². The topological polar surface area (TPSA) is 16.4 Å². The first kappa shape index (κ1) is 29.5. The Kier molecular flexibility index (Phi) is 7.04. The highest BCUT2D eigenvalue weighted by molar-refractivity contribution is 7.25. The Hall–Kier alpha value is -6.42. The van der Waals surface area contributed by atoms with E-state index in [9.17, 15) is 0 Å². The predicted octanol–water partition coefficient (Wildman–Crippen LogP) is 14.4. The van der Waals surface area contributed by atoms with Crippen LogP contribution < -0.4 is 4.90 Å². The van der Waals surface area contributed by atoms with Crippen molar-refractivity contribution in [1.82, 2.24) is 0 Å². The first-order valence-corrected chi connectivity index (χ1v) is 18.1. The molecule has 0 amide bonds. The van der Waals surface area contributed by atoms with Crippen LogP contribution in [0.15, 0.2) is 192 Å². The summed E-state index contributed by atoms with van der Waals surface area (Å²) in [6.07, 6.45) is 0. The molecule has 0 aliphatic heterocycles. The normalized spacial score (nSPS) is 11.5. The number of rotatable bonds is 6. The van der Waals surface area contributed by atoms with E-state index in [0.717, 1.165) is 50.1 Å². The van der Waals surface area contributed by atoms with Crippen LogP contribution in [0, 0.1) is 0 Å². The third-order valence-electron chi connectivity index (χ3n) is 9.89. The lowest BCUT2D eigenvalue weighted by Gasteiger charge is -2.29. The molecule has 2 heterocycles. The minimum absolute atomic E-state index is 0.870. The molecule has 0 N–H and O–H groups in total. The lowest BCUT2D eigenvalue weighted by Crippen LogP contribution is -2.11. The summed E-state index contributed by atoms with van der Waals surface area (Å²) in [6, 6.07) is 67.4. The van der Waals surface area contributed by atoms with Gasteiger partial charge in [0.2, 0.25) is 0 Å². The highest BCUT2D eigenvalue weighted by Crippen LogP contribution is 2.47. The van der Waals surface area contributed by atoms with E-state index in [1.54, 1.807) is 0 Å². The first-order valence-electron chi connectivity index (χ1n) is 17.3. The minimum Gasteiger partial charge on any atom is -0.456 e. The smallest absolute Gasteiger partial charge is 0.137 e. The van der Waals surface area contributed by atoms with Gasteiger partial charge in [0.25, 0.3) is 0 Å². The van der Waals surface area contributed by atoms with Gasteiger partial charge in [-0.2, -0.15) is 0 Å². The van der Waals surface area contributed by atoms with Gasteiger partial charge in [-0.05, 0) is 76.3 Å². The van der Waals surface area contributed by atoms with Crippen molar-refractivity contribution in [1.29, 1.82) is 0 Å². The molecule has 0 aliphatic rings. The molecule has 0 saturated carbocycles. The monoisotopic (exact) mass is 669 g/mol. The summed E-state index contributed by atoms with van der Waals surface area (Å²) < 4.78 is 9.04. The Morgan fingerprint density at radius 1 is 0.373 bits per heavy atom. The van der Waals surface area contributed by atoms with Gasteiger partial charge in [0.05, 0.1) is 16.8 Å². The van der Waals surface area contributed by atoms with Crippen molar-refractivity contribution in [2.45, 2.75) is 0 Å². The maximum Gasteiger partial charge on any atom is 0.137 e. The van der Waals surface area contributed by atoms with Crippen molar-refractivity contribution >= 4 is 70.5 Å². The summed E-state index contributed by atoms with van der Waals surface area (Å²) in [4.78, 5) is 2.41. The Bertz CT molecular complexity index is 2860. The van der Waals surface area contributed by atoms with Crippen molar-refractivity contribution in [3.8, 4) is 33.4 Å². The molecule has 0 fully saturated rings. The summed E-state index contributed by atoms with van der Waals surface area (Å²) in [6.45, 7) is 0. The van der Waals surface area contributed by atoms with Crippen molar-refractivity contribution in [3.63, 3.8) is 0 Å². The molecule has 0 spiro atoms. The number of furan rings is 1. The van der Waals surface area contributed by atoms with E-state index in [1.807, 2.05) is 17.4 Å². The molecular weight excluding hydrogens is 639 g/mol. The lowest BCUT2D eigenvalue weighted by atomic mass is 9.97. The molecule has 0 aliphatic carbocycles. The molecule has 8 aromatic carbocycles. The summed E-state index contributed by atoms with van der Waals surface area (Å²) in [7, 11) is 0. The lowest BCUT2D eigenvalue weighted by molar-refractivity contribution is 0.669. The van der Waals surface area contributed by atoms with Gasteiger partial charge in [-0.1, -0.05) is 140 Å². The van der Waals surface area contributed by atoms with Gasteiger partial charge in [0.15, 0.2) is 0 Å². The molecule has 2 aromatic heterocycles. The Morgan fingerprint density at radius 2 is 0.980 bits per heavy atom. The third kappa shape index (κ3) is 5.10. The number of para-hydroxylation sites is 2. The van der Waals surface area contributed by atoms with Crippen molar-refractivity contribution in [2.75, 3.05) is 4.90 Å². The fourth-order valence-corrected chi connectivity index (χ4v) is 8.61. The van der Waals surface area contributed by atoms with Crippen LogP contribution in [0.3, 0.4) is 0 Å². The second kappa shape index (κ2) is 12.2. The number of benzene rings is 8. The molecular formula is C48H31NOS. The van der Waals surface area contributed by atoms with E-state index in [4.69, 9.17) is 4.42 Å². The van der Waals surface area contributed by atoms with Crippen molar-refractivity contribution in [2.24, 2.45) is 0 Å². The van der Waals surface area contributed by atoms with Gasteiger partial charge >= 0.3 is 0 Å². The van der Waals surface area contributed by atoms with E-state index >= 15 is 0 Å². The second-order valence-corrected chi connectivity index (χ2v) is 14.0. The van der Waals surface area contributed by atoms with Crippen LogP contribution in [0.4, 0.5) is 17.1 Å². The third-order valence-corrected chi connectivity index (χ3v) is 11.0. The average Bonchev–Trinajstić information content (AvgIpc) is 3.77. The highest BCUT2D eigenvalue weighted by atomic mass is 32.1. The number of nitrogens with zero attached hydrogens (tertiary/aromatic N) is 1. The van der Waals surface area contributed by atoms with Crippen LogP contribution in [0.1, 0.15) is 0 Å². The molecule has 0 atom stereocenters. The molecule has 0 unspecified atom stereocenters. The summed E-state index contributed by atoms with van der Waals surface area (Å²) in [5, 5.41) is 4.82. The standard InChI is InChI=1S/C48H31NOS/c1-2-12-32(13-3-1)33-24-26-34(27-25-33)38-16-4-7-19-42(38)49(43-20-11-22-45-48(43)41-18-5-8-21-44(41)50-45)37-15-10-14-35(30-37)36-28-29-40-39-17-6-9-23-46(39)51-47(40)31-36/h1-31H. The number of anilines is 3. The number of hydrogen-bond donors (Lipinski definition) is 0. The molecule has 3 heteroatoms. The average molecular weight is 670 g/mol. The largest absolute Gasteiger partial charge is 0.456 e. The number of thiophene rings is 1. The fraction of sp³-hybridized carbons (Fsp3) is 0.